The van der Waals surface area contributed by atoms with Gasteiger partial charge in [0, 0.05) is 42.9 Å². The molecule has 0 spiro atoms. The van der Waals surface area contributed by atoms with E-state index in [1.807, 2.05) is 11.0 Å². The van der Waals surface area contributed by atoms with Crippen LogP contribution in [0.25, 0.3) is 10.9 Å². The number of aromatic nitrogens is 1. The summed E-state index contributed by atoms with van der Waals surface area (Å²) in [5, 5.41) is 4.16. The third-order valence-corrected chi connectivity index (χ3v) is 4.83. The van der Waals surface area contributed by atoms with Crippen molar-refractivity contribution in [2.45, 2.75) is 25.8 Å². The van der Waals surface area contributed by atoms with Crippen molar-refractivity contribution in [1.29, 1.82) is 0 Å². The number of hydrogen-bond donors (Lipinski definition) is 1. The Labute approximate surface area is 136 Å². The molecule has 120 valence electrons. The van der Waals surface area contributed by atoms with Gasteiger partial charge in [0.05, 0.1) is 11.6 Å². The van der Waals surface area contributed by atoms with Gasteiger partial charge in [0.25, 0.3) is 0 Å². The molecule has 1 N–H and O–H groups in total. The van der Waals surface area contributed by atoms with Gasteiger partial charge in [-0.15, -0.1) is 0 Å². The Hall–Kier alpha value is -2.30. The van der Waals surface area contributed by atoms with E-state index in [1.54, 1.807) is 0 Å². The second kappa shape index (κ2) is 5.72. The summed E-state index contributed by atoms with van der Waals surface area (Å²) in [5.41, 5.74) is 3.49. The fraction of sp³-hybridized carbons (Fsp3) is 0.444. The van der Waals surface area contributed by atoms with Crippen molar-refractivity contribution in [3.63, 3.8) is 0 Å². The number of piperazine rings is 1. The van der Waals surface area contributed by atoms with Gasteiger partial charge in [-0.3, -0.25) is 4.98 Å². The van der Waals surface area contributed by atoms with E-state index in [-0.39, 0.29) is 12.1 Å². The first-order valence-corrected chi connectivity index (χ1v) is 8.44. The highest BCUT2D eigenvalue weighted by atomic mass is 16.2. The standard InChI is InChI=1S/C18H22N4O/c1-2-5-13-10-17(15-6-3-4-7-16(15)20-13)21-8-9-22-14(12-21)11-19-18(22)23/h3-4,6-7,10,14H,2,5,8-9,11-12H2,1H3,(H,19,23). The minimum absolute atomic E-state index is 0.0842. The molecule has 5 nitrogen and oxygen atoms in total. The number of anilines is 1. The highest BCUT2D eigenvalue weighted by molar-refractivity contribution is 5.92. The molecule has 2 saturated heterocycles. The molecule has 1 atom stereocenters. The molecule has 1 aromatic carbocycles. The summed E-state index contributed by atoms with van der Waals surface area (Å²) in [4.78, 5) is 21.0. The van der Waals surface area contributed by atoms with Gasteiger partial charge < -0.3 is 15.1 Å². The van der Waals surface area contributed by atoms with E-state index in [0.717, 1.165) is 50.2 Å². The Morgan fingerprint density at radius 1 is 1.30 bits per heavy atom. The number of nitrogens with one attached hydrogen (secondary N) is 1. The molecule has 5 heteroatoms. The molecule has 23 heavy (non-hydrogen) atoms. The zero-order valence-electron chi connectivity index (χ0n) is 13.5. The minimum atomic E-state index is 0.0842. The first-order valence-electron chi connectivity index (χ1n) is 8.44. The van der Waals surface area contributed by atoms with Crippen molar-refractivity contribution in [2.24, 2.45) is 0 Å². The van der Waals surface area contributed by atoms with Crippen molar-refractivity contribution in [1.82, 2.24) is 15.2 Å². The summed E-state index contributed by atoms with van der Waals surface area (Å²) in [7, 11) is 0. The SMILES string of the molecule is CCCc1cc(N2CCN3C(=O)NCC3C2)c2ccccc2n1. The van der Waals surface area contributed by atoms with Crippen LogP contribution in [0.4, 0.5) is 10.5 Å². The fourth-order valence-corrected chi connectivity index (χ4v) is 3.68. The van der Waals surface area contributed by atoms with Crippen molar-refractivity contribution < 1.29 is 4.79 Å². The zero-order valence-corrected chi connectivity index (χ0v) is 13.5. The second-order valence-corrected chi connectivity index (χ2v) is 6.38. The minimum Gasteiger partial charge on any atom is -0.367 e. The predicted molar refractivity (Wildman–Crippen MR) is 91.8 cm³/mol. The van der Waals surface area contributed by atoms with E-state index < -0.39 is 0 Å². The molecule has 0 bridgehead atoms. The van der Waals surface area contributed by atoms with Crippen LogP contribution < -0.4 is 10.2 Å². The monoisotopic (exact) mass is 310 g/mol. The molecule has 3 heterocycles. The lowest BCUT2D eigenvalue weighted by Gasteiger charge is -2.38. The summed E-state index contributed by atoms with van der Waals surface area (Å²) in [6.45, 7) is 5.49. The lowest BCUT2D eigenvalue weighted by molar-refractivity contribution is 0.198. The molecular formula is C18H22N4O. The van der Waals surface area contributed by atoms with Gasteiger partial charge in [0.2, 0.25) is 0 Å². The first kappa shape index (κ1) is 14.3. The van der Waals surface area contributed by atoms with Gasteiger partial charge in [-0.05, 0) is 18.6 Å². The number of aryl methyl sites for hydroxylation is 1. The smallest absolute Gasteiger partial charge is 0.317 e. The molecule has 2 aliphatic heterocycles. The second-order valence-electron chi connectivity index (χ2n) is 6.38. The van der Waals surface area contributed by atoms with Crippen LogP contribution in [0.3, 0.4) is 0 Å². The molecule has 1 unspecified atom stereocenters. The van der Waals surface area contributed by atoms with Crippen molar-refractivity contribution in [3.05, 3.63) is 36.0 Å². The van der Waals surface area contributed by atoms with Crippen LogP contribution in [0.2, 0.25) is 0 Å². The molecular weight excluding hydrogens is 288 g/mol. The van der Waals surface area contributed by atoms with E-state index in [9.17, 15) is 4.79 Å². The molecule has 0 saturated carbocycles. The number of benzene rings is 1. The highest BCUT2D eigenvalue weighted by Crippen LogP contribution is 2.29. The average Bonchev–Trinajstić information content (AvgIpc) is 2.95. The maximum Gasteiger partial charge on any atom is 0.317 e. The van der Waals surface area contributed by atoms with Crippen molar-refractivity contribution >= 4 is 22.6 Å². The Balaban J connectivity index is 1.71. The Bertz CT molecular complexity index is 745. The maximum atomic E-state index is 11.8. The Kier molecular flexibility index (Phi) is 3.56. The van der Waals surface area contributed by atoms with E-state index >= 15 is 0 Å². The largest absolute Gasteiger partial charge is 0.367 e. The van der Waals surface area contributed by atoms with Gasteiger partial charge in [-0.1, -0.05) is 31.5 Å². The number of amides is 2. The summed E-state index contributed by atoms with van der Waals surface area (Å²) in [5.74, 6) is 0. The van der Waals surface area contributed by atoms with Crippen LogP contribution in [0.15, 0.2) is 30.3 Å². The molecule has 2 fully saturated rings. The van der Waals surface area contributed by atoms with Crippen molar-refractivity contribution in [3.8, 4) is 0 Å². The van der Waals surface area contributed by atoms with Gasteiger partial charge in [-0.2, -0.15) is 0 Å². The fourth-order valence-electron chi connectivity index (χ4n) is 3.68. The van der Waals surface area contributed by atoms with Gasteiger partial charge in [0.1, 0.15) is 0 Å². The summed E-state index contributed by atoms with van der Waals surface area (Å²) in [6, 6.07) is 11.0. The van der Waals surface area contributed by atoms with Crippen molar-refractivity contribution in [2.75, 3.05) is 31.1 Å². The summed E-state index contributed by atoms with van der Waals surface area (Å²) >= 11 is 0. The maximum absolute atomic E-state index is 11.8. The number of carbonyl (C=O) groups excluding carboxylic acids is 1. The van der Waals surface area contributed by atoms with Crippen LogP contribution in [0, 0.1) is 0 Å². The van der Waals surface area contributed by atoms with Crippen LogP contribution in [-0.4, -0.2) is 48.1 Å². The van der Waals surface area contributed by atoms with Gasteiger partial charge in [0.15, 0.2) is 0 Å². The van der Waals surface area contributed by atoms with Crippen LogP contribution in [-0.2, 0) is 6.42 Å². The van der Waals surface area contributed by atoms with Crippen LogP contribution >= 0.6 is 0 Å². The van der Waals surface area contributed by atoms with Crippen LogP contribution in [0.5, 0.6) is 0 Å². The molecule has 2 aliphatic rings. The van der Waals surface area contributed by atoms with E-state index in [1.165, 1.54) is 11.1 Å². The molecule has 1 aromatic heterocycles. The first-order chi connectivity index (χ1) is 11.3. The number of rotatable bonds is 3. The number of para-hydroxylation sites is 1. The summed E-state index contributed by atoms with van der Waals surface area (Å²) < 4.78 is 0. The zero-order chi connectivity index (χ0) is 15.8. The third kappa shape index (κ3) is 2.50. The van der Waals surface area contributed by atoms with Gasteiger partial charge >= 0.3 is 6.03 Å². The molecule has 4 rings (SSSR count). The summed E-state index contributed by atoms with van der Waals surface area (Å²) in [6.07, 6.45) is 2.10. The van der Waals surface area contributed by atoms with E-state index in [4.69, 9.17) is 4.98 Å². The Morgan fingerprint density at radius 3 is 3.04 bits per heavy atom. The topological polar surface area (TPSA) is 48.5 Å². The number of fused-ring (bicyclic) bond motifs is 2. The number of carbonyl (C=O) groups is 1. The molecule has 2 aromatic rings. The van der Waals surface area contributed by atoms with Gasteiger partial charge in [-0.25, -0.2) is 4.79 Å². The van der Waals surface area contributed by atoms with Crippen LogP contribution in [0.1, 0.15) is 19.0 Å². The number of hydrogen-bond acceptors (Lipinski definition) is 3. The predicted octanol–water partition coefficient (Wildman–Crippen LogP) is 2.40. The highest BCUT2D eigenvalue weighted by Gasteiger charge is 2.35. The number of pyridine rings is 1. The molecule has 2 amide bonds. The molecule has 0 aliphatic carbocycles. The average molecular weight is 310 g/mol. The number of urea groups is 1. The Morgan fingerprint density at radius 2 is 2.17 bits per heavy atom. The van der Waals surface area contributed by atoms with E-state index in [2.05, 4.69) is 41.4 Å². The lowest BCUT2D eigenvalue weighted by Crippen LogP contribution is -2.52. The number of nitrogens with zero attached hydrogens (tertiary/aromatic N) is 3. The van der Waals surface area contributed by atoms with E-state index in [0.29, 0.717) is 0 Å². The third-order valence-electron chi connectivity index (χ3n) is 4.83. The lowest BCUT2D eigenvalue weighted by atomic mass is 10.1. The quantitative estimate of drug-likeness (QED) is 0.947. The molecule has 0 radical (unpaired) electrons. The normalized spacial score (nSPS) is 20.7.